The summed E-state index contributed by atoms with van der Waals surface area (Å²) >= 11 is 5.80. The van der Waals surface area contributed by atoms with Gasteiger partial charge in [-0.1, -0.05) is 23.7 Å². The van der Waals surface area contributed by atoms with Crippen LogP contribution in [0.2, 0.25) is 5.02 Å². The molecule has 0 bridgehead atoms. The van der Waals surface area contributed by atoms with E-state index in [1.807, 2.05) is 55.4 Å². The van der Waals surface area contributed by atoms with Gasteiger partial charge in [0.15, 0.2) is 0 Å². The van der Waals surface area contributed by atoms with Crippen LogP contribution in [0.15, 0.2) is 53.6 Å². The Morgan fingerprint density at radius 3 is 2.39 bits per heavy atom. The third-order valence-corrected chi connectivity index (χ3v) is 3.36. The van der Waals surface area contributed by atoms with Gasteiger partial charge in [0.2, 0.25) is 0 Å². The third kappa shape index (κ3) is 5.64. The highest BCUT2D eigenvalue weighted by molar-refractivity contribution is 6.30. The van der Waals surface area contributed by atoms with Crippen LogP contribution in [0.4, 0.5) is 11.4 Å². The average Bonchev–Trinajstić information content (AvgIpc) is 2.55. The van der Waals surface area contributed by atoms with E-state index < -0.39 is 0 Å². The van der Waals surface area contributed by atoms with Crippen LogP contribution in [0, 0.1) is 0 Å². The molecule has 0 aliphatic heterocycles. The molecule has 120 valence electrons. The van der Waals surface area contributed by atoms with Crippen LogP contribution < -0.4 is 15.6 Å². The molecule has 0 atom stereocenters. The monoisotopic (exact) mass is 330 g/mol. The van der Waals surface area contributed by atoms with Crippen molar-refractivity contribution in [2.24, 2.45) is 5.10 Å². The molecule has 6 heteroatoms. The summed E-state index contributed by atoms with van der Waals surface area (Å²) in [6.45, 7) is 0.137. The van der Waals surface area contributed by atoms with Crippen molar-refractivity contribution in [1.82, 2.24) is 5.43 Å². The summed E-state index contributed by atoms with van der Waals surface area (Å²) in [6.07, 6.45) is 1.61. The lowest BCUT2D eigenvalue weighted by Crippen LogP contribution is -2.25. The molecule has 2 aromatic carbocycles. The second-order valence-electron chi connectivity index (χ2n) is 5.14. The summed E-state index contributed by atoms with van der Waals surface area (Å²) < 4.78 is 0. The average molecular weight is 331 g/mol. The minimum atomic E-state index is -0.221. The molecule has 2 N–H and O–H groups in total. The first kappa shape index (κ1) is 16.8. The van der Waals surface area contributed by atoms with Gasteiger partial charge < -0.3 is 10.2 Å². The number of carbonyl (C=O) groups is 1. The van der Waals surface area contributed by atoms with Crippen LogP contribution in [0.3, 0.4) is 0 Å². The number of hydrogen-bond donors (Lipinski definition) is 2. The van der Waals surface area contributed by atoms with Crippen molar-refractivity contribution in [3.05, 3.63) is 59.1 Å². The molecular weight excluding hydrogens is 312 g/mol. The van der Waals surface area contributed by atoms with Gasteiger partial charge in [-0.3, -0.25) is 4.79 Å². The van der Waals surface area contributed by atoms with Gasteiger partial charge in [-0.15, -0.1) is 0 Å². The molecule has 5 nitrogen and oxygen atoms in total. The fourth-order valence-corrected chi connectivity index (χ4v) is 1.95. The van der Waals surface area contributed by atoms with Crippen LogP contribution in [0.5, 0.6) is 0 Å². The van der Waals surface area contributed by atoms with Crippen LogP contribution in [-0.2, 0) is 4.79 Å². The molecule has 0 radical (unpaired) electrons. The number of halogens is 1. The molecule has 0 unspecified atom stereocenters. The highest BCUT2D eigenvalue weighted by atomic mass is 35.5. The molecule has 0 aliphatic carbocycles. The van der Waals surface area contributed by atoms with Crippen molar-refractivity contribution in [3.63, 3.8) is 0 Å². The van der Waals surface area contributed by atoms with Crippen LogP contribution in [0.25, 0.3) is 0 Å². The maximum Gasteiger partial charge on any atom is 0.259 e. The zero-order valence-electron chi connectivity index (χ0n) is 13.1. The molecule has 0 aromatic heterocycles. The SMILES string of the molecule is CN(C)c1ccc(C=NNC(=O)CNc2ccc(Cl)cc2)cc1. The number of hydrogen-bond acceptors (Lipinski definition) is 4. The van der Waals surface area contributed by atoms with Gasteiger partial charge >= 0.3 is 0 Å². The van der Waals surface area contributed by atoms with Crippen molar-refractivity contribution in [2.75, 3.05) is 30.9 Å². The number of rotatable bonds is 6. The van der Waals surface area contributed by atoms with Gasteiger partial charge in [-0.2, -0.15) is 5.10 Å². The second kappa shape index (κ2) is 8.19. The smallest absolute Gasteiger partial charge is 0.259 e. The Kier molecular flexibility index (Phi) is 6.00. The lowest BCUT2D eigenvalue weighted by Gasteiger charge is -2.11. The van der Waals surface area contributed by atoms with Gasteiger partial charge in [-0.25, -0.2) is 5.43 Å². The summed E-state index contributed by atoms with van der Waals surface area (Å²) in [5.74, 6) is -0.221. The molecular formula is C17H19ClN4O. The zero-order valence-corrected chi connectivity index (χ0v) is 13.8. The zero-order chi connectivity index (χ0) is 16.7. The van der Waals surface area contributed by atoms with Gasteiger partial charge in [-0.05, 0) is 42.0 Å². The summed E-state index contributed by atoms with van der Waals surface area (Å²) in [5, 5.41) is 7.59. The van der Waals surface area contributed by atoms with E-state index in [1.165, 1.54) is 0 Å². The molecule has 2 aromatic rings. The minimum absolute atomic E-state index is 0.137. The largest absolute Gasteiger partial charge is 0.378 e. The van der Waals surface area contributed by atoms with Crippen molar-refractivity contribution in [1.29, 1.82) is 0 Å². The number of anilines is 2. The predicted molar refractivity (Wildman–Crippen MR) is 96.4 cm³/mol. The van der Waals surface area contributed by atoms with E-state index in [2.05, 4.69) is 15.8 Å². The van der Waals surface area contributed by atoms with E-state index in [0.29, 0.717) is 5.02 Å². The number of amides is 1. The van der Waals surface area contributed by atoms with Gasteiger partial charge in [0.25, 0.3) is 5.91 Å². The standard InChI is InChI=1S/C17H19ClN4O/c1-22(2)16-9-3-13(4-10-16)11-20-21-17(23)12-19-15-7-5-14(18)6-8-15/h3-11,19H,12H2,1-2H3,(H,21,23). The topological polar surface area (TPSA) is 56.7 Å². The third-order valence-electron chi connectivity index (χ3n) is 3.11. The first-order chi connectivity index (χ1) is 11.0. The Bertz CT molecular complexity index is 666. The number of nitrogens with one attached hydrogen (secondary N) is 2. The molecule has 0 aliphatic rings. The first-order valence-electron chi connectivity index (χ1n) is 7.13. The summed E-state index contributed by atoms with van der Waals surface area (Å²) in [7, 11) is 3.97. The minimum Gasteiger partial charge on any atom is -0.378 e. The molecule has 0 saturated carbocycles. The van der Waals surface area contributed by atoms with E-state index >= 15 is 0 Å². The quantitative estimate of drug-likeness (QED) is 0.632. The van der Waals surface area contributed by atoms with E-state index in [1.54, 1.807) is 18.3 Å². The lowest BCUT2D eigenvalue weighted by molar-refractivity contribution is -0.119. The van der Waals surface area contributed by atoms with Crippen LogP contribution >= 0.6 is 11.6 Å². The van der Waals surface area contributed by atoms with Gasteiger partial charge in [0, 0.05) is 30.5 Å². The van der Waals surface area contributed by atoms with Crippen molar-refractivity contribution >= 4 is 35.1 Å². The van der Waals surface area contributed by atoms with Crippen molar-refractivity contribution < 1.29 is 4.79 Å². The number of benzene rings is 2. The Morgan fingerprint density at radius 1 is 1.13 bits per heavy atom. The lowest BCUT2D eigenvalue weighted by atomic mass is 10.2. The molecule has 1 amide bonds. The van der Waals surface area contributed by atoms with Crippen molar-refractivity contribution in [2.45, 2.75) is 0 Å². The Labute approximate surface area is 141 Å². The number of hydrazone groups is 1. The fraction of sp³-hybridized carbons (Fsp3) is 0.176. The Balaban J connectivity index is 1.78. The number of carbonyl (C=O) groups excluding carboxylic acids is 1. The highest BCUT2D eigenvalue weighted by Crippen LogP contribution is 2.13. The molecule has 0 fully saturated rings. The Morgan fingerprint density at radius 2 is 1.78 bits per heavy atom. The number of nitrogens with zero attached hydrogens (tertiary/aromatic N) is 2. The van der Waals surface area contributed by atoms with Crippen LogP contribution in [-0.4, -0.2) is 32.8 Å². The highest BCUT2D eigenvalue weighted by Gasteiger charge is 1.99. The summed E-state index contributed by atoms with van der Waals surface area (Å²) in [4.78, 5) is 13.7. The van der Waals surface area contributed by atoms with Crippen LogP contribution in [0.1, 0.15) is 5.56 Å². The fourth-order valence-electron chi connectivity index (χ4n) is 1.83. The second-order valence-corrected chi connectivity index (χ2v) is 5.58. The summed E-state index contributed by atoms with van der Waals surface area (Å²) in [5.41, 5.74) is 5.34. The molecule has 0 heterocycles. The van der Waals surface area contributed by atoms with E-state index in [0.717, 1.165) is 16.9 Å². The van der Waals surface area contributed by atoms with E-state index in [9.17, 15) is 4.79 Å². The maximum absolute atomic E-state index is 11.7. The van der Waals surface area contributed by atoms with Gasteiger partial charge in [0.1, 0.15) is 0 Å². The molecule has 23 heavy (non-hydrogen) atoms. The Hall–Kier alpha value is -2.53. The normalized spacial score (nSPS) is 10.6. The molecule has 0 saturated heterocycles. The maximum atomic E-state index is 11.7. The van der Waals surface area contributed by atoms with E-state index in [4.69, 9.17) is 11.6 Å². The van der Waals surface area contributed by atoms with Gasteiger partial charge in [0.05, 0.1) is 12.8 Å². The molecule has 2 rings (SSSR count). The first-order valence-corrected chi connectivity index (χ1v) is 7.51. The van der Waals surface area contributed by atoms with E-state index in [-0.39, 0.29) is 12.5 Å². The molecule has 0 spiro atoms. The van der Waals surface area contributed by atoms with Crippen molar-refractivity contribution in [3.8, 4) is 0 Å². The predicted octanol–water partition coefficient (Wildman–Crippen LogP) is 2.97. The summed E-state index contributed by atoms with van der Waals surface area (Å²) in [6, 6.07) is 15.0.